The average molecular weight is 838 g/mol. The minimum absolute atomic E-state index is 0.00778. The van der Waals surface area contributed by atoms with Crippen LogP contribution in [0, 0.1) is 0 Å². The molecule has 0 fully saturated rings. The number of amides is 1. The molecular weight excluding hydrogens is 809 g/mol. The van der Waals surface area contributed by atoms with E-state index in [9.17, 15) is 21.6 Å². The second-order valence-corrected chi connectivity index (χ2v) is 17.4. The van der Waals surface area contributed by atoms with Gasteiger partial charge in [0.25, 0.3) is 20.0 Å². The third-order valence-corrected chi connectivity index (χ3v) is 13.1. The van der Waals surface area contributed by atoms with Gasteiger partial charge in [-0.15, -0.1) is 23.5 Å². The summed E-state index contributed by atoms with van der Waals surface area (Å²) >= 11 is 19.0. The fraction of sp³-hybridized carbons (Fsp3) is 0.0882. The van der Waals surface area contributed by atoms with Crippen molar-refractivity contribution in [1.82, 2.24) is 0 Å². The van der Waals surface area contributed by atoms with Crippen molar-refractivity contribution in [1.29, 1.82) is 0 Å². The number of sulfonamides is 2. The minimum Gasteiger partial charge on any atom is -0.326 e. The summed E-state index contributed by atoms with van der Waals surface area (Å²) < 4.78 is 59.6. The molecule has 0 spiro atoms. The van der Waals surface area contributed by atoms with Gasteiger partial charge in [-0.2, -0.15) is 0 Å². The Bertz CT molecular complexity index is 2240. The number of benzene rings is 5. The molecule has 8 nitrogen and oxygen atoms in total. The molecule has 15 heteroatoms. The van der Waals surface area contributed by atoms with E-state index in [2.05, 4.69) is 30.7 Å². The number of anilines is 3. The molecule has 0 radical (unpaired) electrons. The monoisotopic (exact) mass is 835 g/mol. The normalized spacial score (nSPS) is 11.6. The summed E-state index contributed by atoms with van der Waals surface area (Å²) in [5, 5.41) is 3.25. The van der Waals surface area contributed by atoms with Crippen molar-refractivity contribution in [2.45, 2.75) is 32.3 Å². The Labute approximate surface area is 312 Å². The highest BCUT2D eigenvalue weighted by Crippen LogP contribution is 2.42. The van der Waals surface area contributed by atoms with Crippen LogP contribution in [0.3, 0.4) is 0 Å². The van der Waals surface area contributed by atoms with Crippen LogP contribution in [0.2, 0.25) is 10.0 Å². The van der Waals surface area contributed by atoms with E-state index in [1.54, 1.807) is 42.7 Å². The molecule has 1 amide bonds. The van der Waals surface area contributed by atoms with Gasteiger partial charge in [0.2, 0.25) is 5.91 Å². The maximum Gasteiger partial charge on any atom is 0.263 e. The van der Waals surface area contributed by atoms with E-state index >= 15 is 0 Å². The van der Waals surface area contributed by atoms with Gasteiger partial charge < -0.3 is 5.32 Å². The smallest absolute Gasteiger partial charge is 0.263 e. The van der Waals surface area contributed by atoms with Crippen LogP contribution in [0.1, 0.15) is 12.5 Å². The molecule has 0 saturated heterocycles. The molecule has 0 unspecified atom stereocenters. The zero-order valence-electron chi connectivity index (χ0n) is 25.8. The average Bonchev–Trinajstić information content (AvgIpc) is 3.04. The van der Waals surface area contributed by atoms with Gasteiger partial charge in [0.1, 0.15) is 4.90 Å². The van der Waals surface area contributed by atoms with Crippen molar-refractivity contribution in [3.63, 3.8) is 0 Å². The van der Waals surface area contributed by atoms with Gasteiger partial charge >= 0.3 is 0 Å². The summed E-state index contributed by atoms with van der Waals surface area (Å²) in [5.74, 6) is 0.359. The molecule has 0 atom stereocenters. The first-order valence-corrected chi connectivity index (χ1v) is 21.1. The molecule has 5 aromatic carbocycles. The van der Waals surface area contributed by atoms with Gasteiger partial charge in [-0.1, -0.05) is 59.6 Å². The second kappa shape index (κ2) is 15.8. The molecule has 0 aliphatic rings. The highest BCUT2D eigenvalue weighted by molar-refractivity contribution is 9.10. The Hall–Kier alpha value is -3.17. The maximum atomic E-state index is 13.7. The van der Waals surface area contributed by atoms with Crippen LogP contribution in [0.25, 0.3) is 11.1 Å². The van der Waals surface area contributed by atoms with Gasteiger partial charge in [0.05, 0.1) is 16.3 Å². The molecule has 254 valence electrons. The Morgan fingerprint density at radius 1 is 0.776 bits per heavy atom. The van der Waals surface area contributed by atoms with Crippen molar-refractivity contribution in [2.75, 3.05) is 21.0 Å². The highest BCUT2D eigenvalue weighted by Gasteiger charge is 2.23. The van der Waals surface area contributed by atoms with Crippen LogP contribution in [-0.4, -0.2) is 29.0 Å². The fourth-order valence-corrected chi connectivity index (χ4v) is 10.2. The largest absolute Gasteiger partial charge is 0.326 e. The lowest BCUT2D eigenvalue weighted by Gasteiger charge is -2.18. The number of halogens is 3. The summed E-state index contributed by atoms with van der Waals surface area (Å²) in [6.07, 6.45) is 1.79. The highest BCUT2D eigenvalue weighted by atomic mass is 79.9. The first-order chi connectivity index (χ1) is 23.3. The summed E-state index contributed by atoms with van der Waals surface area (Å²) in [5.41, 5.74) is 3.34. The molecule has 0 aliphatic carbocycles. The third kappa shape index (κ3) is 9.34. The van der Waals surface area contributed by atoms with Crippen molar-refractivity contribution in [3.05, 3.63) is 123 Å². The molecule has 0 aliphatic heterocycles. The predicted molar refractivity (Wildman–Crippen MR) is 206 cm³/mol. The summed E-state index contributed by atoms with van der Waals surface area (Å²) in [4.78, 5) is 12.6. The van der Waals surface area contributed by atoms with Gasteiger partial charge in [-0.25, -0.2) is 16.8 Å². The van der Waals surface area contributed by atoms with Crippen molar-refractivity contribution < 1.29 is 21.6 Å². The minimum atomic E-state index is -4.08. The van der Waals surface area contributed by atoms with Crippen molar-refractivity contribution in [3.8, 4) is 11.1 Å². The zero-order chi connectivity index (χ0) is 35.3. The molecular formula is C34H28BrCl2N3O5S4. The zero-order valence-corrected chi connectivity index (χ0v) is 32.2. The molecule has 5 rings (SSSR count). The van der Waals surface area contributed by atoms with Crippen molar-refractivity contribution in [2.24, 2.45) is 0 Å². The number of nitrogens with one attached hydrogen (secondary N) is 3. The van der Waals surface area contributed by atoms with Crippen LogP contribution >= 0.6 is 62.7 Å². The molecule has 0 aromatic heterocycles. The Morgan fingerprint density at radius 3 is 2.10 bits per heavy atom. The second-order valence-electron chi connectivity index (χ2n) is 10.5. The number of thioether (sulfide) groups is 2. The fourth-order valence-electron chi connectivity index (χ4n) is 4.76. The molecule has 0 bridgehead atoms. The first-order valence-electron chi connectivity index (χ1n) is 14.3. The van der Waals surface area contributed by atoms with Gasteiger partial charge in [0, 0.05) is 42.7 Å². The van der Waals surface area contributed by atoms with Crippen LogP contribution in [-0.2, 0) is 30.6 Å². The van der Waals surface area contributed by atoms with Crippen molar-refractivity contribution >= 4 is 106 Å². The number of carbonyl (C=O) groups is 1. The first kappa shape index (κ1) is 37.1. The van der Waals surface area contributed by atoms with Crippen LogP contribution in [0.5, 0.6) is 0 Å². The molecule has 0 heterocycles. The lowest BCUT2D eigenvalue weighted by molar-refractivity contribution is -0.114. The quantitative estimate of drug-likeness (QED) is 0.107. The van der Waals surface area contributed by atoms with Gasteiger partial charge in [-0.3, -0.25) is 14.2 Å². The van der Waals surface area contributed by atoms with Crippen LogP contribution in [0.4, 0.5) is 17.1 Å². The summed E-state index contributed by atoms with van der Waals surface area (Å²) in [7, 11) is -8.12. The maximum absolute atomic E-state index is 13.7. The van der Waals surface area contributed by atoms with E-state index in [0.717, 1.165) is 5.56 Å². The molecule has 49 heavy (non-hydrogen) atoms. The number of hydrogen-bond acceptors (Lipinski definition) is 7. The number of carbonyl (C=O) groups excluding carboxylic acids is 1. The van der Waals surface area contributed by atoms with Gasteiger partial charge in [0.15, 0.2) is 0 Å². The number of hydrogen-bond donors (Lipinski definition) is 3. The Morgan fingerprint density at radius 2 is 1.45 bits per heavy atom. The standard InChI is InChI=1S/C34H28BrCl2N3O5S4/c1-21(41)38-26-10-12-27(13-11-26)48(42,43)40-31-19-25(37)17-28(34(31)46-2)23-8-15-33(29(35)16-23)49(44,45)39-30-18-24(36)9-14-32(30)47-20-22-6-4-3-5-7-22/h3-19,39-40H,20H2,1-2H3,(H,38,41). The molecule has 3 N–H and O–H groups in total. The van der Waals surface area contributed by atoms with E-state index in [-0.39, 0.29) is 30.9 Å². The third-order valence-electron chi connectivity index (χ3n) is 6.94. The lowest BCUT2D eigenvalue weighted by Crippen LogP contribution is -2.14. The lowest BCUT2D eigenvalue weighted by atomic mass is 10.1. The van der Waals surface area contributed by atoms with E-state index in [0.29, 0.717) is 43.1 Å². The van der Waals surface area contributed by atoms with E-state index in [1.807, 2.05) is 30.3 Å². The Kier molecular flexibility index (Phi) is 12.0. The van der Waals surface area contributed by atoms with Crippen LogP contribution < -0.4 is 14.8 Å². The summed E-state index contributed by atoms with van der Waals surface area (Å²) in [6, 6.07) is 28.6. The van der Waals surface area contributed by atoms with E-state index in [4.69, 9.17) is 23.2 Å². The Balaban J connectivity index is 1.42. The number of rotatable bonds is 12. The summed E-state index contributed by atoms with van der Waals surface area (Å²) in [6.45, 7) is 1.36. The van der Waals surface area contributed by atoms with Gasteiger partial charge in [-0.05, 0) is 106 Å². The van der Waals surface area contributed by atoms with Crippen LogP contribution in [0.15, 0.2) is 127 Å². The topological polar surface area (TPSA) is 121 Å². The van der Waals surface area contributed by atoms with E-state index in [1.165, 1.54) is 66.8 Å². The predicted octanol–water partition coefficient (Wildman–Crippen LogP) is 10.00. The van der Waals surface area contributed by atoms with E-state index < -0.39 is 20.0 Å². The molecule has 0 saturated carbocycles. The SMILES string of the molecule is CSc1c(NS(=O)(=O)c2ccc(NC(C)=O)cc2)cc(Cl)cc1-c1ccc(S(=O)(=O)Nc2cc(Cl)ccc2SCc2ccccc2)c(Br)c1. The molecule has 5 aromatic rings.